The van der Waals surface area contributed by atoms with Crippen LogP contribution in [0.2, 0.25) is 0 Å². The van der Waals surface area contributed by atoms with Crippen LogP contribution >= 0.6 is 0 Å². The van der Waals surface area contributed by atoms with Gasteiger partial charge in [-0.1, -0.05) is 11.2 Å². The summed E-state index contributed by atoms with van der Waals surface area (Å²) in [5.74, 6) is -1.63. The number of benzene rings is 1. The van der Waals surface area contributed by atoms with Crippen molar-refractivity contribution in [1.29, 1.82) is 0 Å². The molecule has 0 bridgehead atoms. The largest absolute Gasteiger partial charge is 0.411 e. The highest BCUT2D eigenvalue weighted by atomic mass is 19.2. The summed E-state index contributed by atoms with van der Waals surface area (Å²) in [7, 11) is 0. The summed E-state index contributed by atoms with van der Waals surface area (Å²) in [6, 6.07) is 3.97. The van der Waals surface area contributed by atoms with Crippen molar-refractivity contribution in [1.82, 2.24) is 4.90 Å². The Kier molecular flexibility index (Phi) is 3.68. The molecule has 0 atom stereocenters. The van der Waals surface area contributed by atoms with Crippen LogP contribution in [0.1, 0.15) is 18.4 Å². The number of piperidine rings is 1. The minimum atomic E-state index is -0.818. The van der Waals surface area contributed by atoms with Gasteiger partial charge in [-0.2, -0.15) is 0 Å². The van der Waals surface area contributed by atoms with Gasteiger partial charge in [0.1, 0.15) is 0 Å². The minimum Gasteiger partial charge on any atom is -0.411 e. The maximum Gasteiger partial charge on any atom is 0.159 e. The molecule has 92 valence electrons. The van der Waals surface area contributed by atoms with Crippen molar-refractivity contribution in [3.05, 3.63) is 35.4 Å². The molecule has 1 saturated heterocycles. The third kappa shape index (κ3) is 3.00. The molecule has 5 heteroatoms. The number of likely N-dealkylation sites (tertiary alicyclic amines) is 1. The first-order valence-electron chi connectivity index (χ1n) is 5.55. The van der Waals surface area contributed by atoms with Crippen LogP contribution in [0.4, 0.5) is 8.78 Å². The van der Waals surface area contributed by atoms with E-state index in [-0.39, 0.29) is 0 Å². The number of nitrogens with zero attached hydrogens (tertiary/aromatic N) is 2. The van der Waals surface area contributed by atoms with Crippen LogP contribution in [0, 0.1) is 11.6 Å². The quantitative estimate of drug-likeness (QED) is 0.636. The normalized spacial score (nSPS) is 17.2. The topological polar surface area (TPSA) is 35.8 Å². The SMILES string of the molecule is ON=C1CCN(Cc2ccc(F)c(F)c2)CC1. The van der Waals surface area contributed by atoms with Gasteiger partial charge in [0.25, 0.3) is 0 Å². The van der Waals surface area contributed by atoms with Gasteiger partial charge in [-0.15, -0.1) is 0 Å². The summed E-state index contributed by atoms with van der Waals surface area (Å²) in [5, 5.41) is 11.8. The van der Waals surface area contributed by atoms with Gasteiger partial charge < -0.3 is 5.21 Å². The Hall–Kier alpha value is -1.49. The van der Waals surface area contributed by atoms with Gasteiger partial charge in [-0.3, -0.25) is 4.90 Å². The molecule has 0 unspecified atom stereocenters. The molecule has 17 heavy (non-hydrogen) atoms. The molecule has 2 rings (SSSR count). The molecule has 1 fully saturated rings. The van der Waals surface area contributed by atoms with E-state index in [1.165, 1.54) is 6.07 Å². The molecule has 0 aromatic heterocycles. The van der Waals surface area contributed by atoms with E-state index in [1.54, 1.807) is 6.07 Å². The molecule has 1 N–H and O–H groups in total. The lowest BCUT2D eigenvalue weighted by Gasteiger charge is -2.26. The zero-order valence-electron chi connectivity index (χ0n) is 9.37. The van der Waals surface area contributed by atoms with Crippen LogP contribution in [0.5, 0.6) is 0 Å². The highest BCUT2D eigenvalue weighted by Crippen LogP contribution is 2.14. The average Bonchev–Trinajstić information content (AvgIpc) is 2.35. The predicted molar refractivity (Wildman–Crippen MR) is 60.1 cm³/mol. The zero-order chi connectivity index (χ0) is 12.3. The lowest BCUT2D eigenvalue weighted by molar-refractivity contribution is 0.255. The Bertz CT molecular complexity index is 425. The van der Waals surface area contributed by atoms with Crippen LogP contribution in [0.25, 0.3) is 0 Å². The van der Waals surface area contributed by atoms with Gasteiger partial charge in [0, 0.05) is 32.5 Å². The van der Waals surface area contributed by atoms with Crippen molar-refractivity contribution in [2.75, 3.05) is 13.1 Å². The highest BCUT2D eigenvalue weighted by molar-refractivity contribution is 5.84. The average molecular weight is 240 g/mol. The Morgan fingerprint density at radius 2 is 1.88 bits per heavy atom. The summed E-state index contributed by atoms with van der Waals surface area (Å²) >= 11 is 0. The lowest BCUT2D eigenvalue weighted by Crippen LogP contribution is -2.33. The van der Waals surface area contributed by atoms with Crippen LogP contribution in [-0.2, 0) is 6.54 Å². The fourth-order valence-electron chi connectivity index (χ4n) is 1.97. The molecule has 0 aliphatic carbocycles. The van der Waals surface area contributed by atoms with Crippen LogP contribution in [0.3, 0.4) is 0 Å². The lowest BCUT2D eigenvalue weighted by atomic mass is 10.1. The van der Waals surface area contributed by atoms with Crippen molar-refractivity contribution in [2.45, 2.75) is 19.4 Å². The van der Waals surface area contributed by atoms with Gasteiger partial charge in [0.05, 0.1) is 5.71 Å². The number of hydrogen-bond acceptors (Lipinski definition) is 3. The standard InChI is InChI=1S/C12H14F2N2O/c13-11-2-1-9(7-12(11)14)8-16-5-3-10(15-17)4-6-16/h1-2,7,17H,3-6,8H2. The Balaban J connectivity index is 1.95. The van der Waals surface area contributed by atoms with E-state index in [4.69, 9.17) is 5.21 Å². The van der Waals surface area contributed by atoms with Crippen molar-refractivity contribution in [2.24, 2.45) is 5.16 Å². The van der Waals surface area contributed by atoms with E-state index in [0.29, 0.717) is 6.54 Å². The third-order valence-electron chi connectivity index (χ3n) is 2.96. The zero-order valence-corrected chi connectivity index (χ0v) is 9.37. The summed E-state index contributed by atoms with van der Waals surface area (Å²) < 4.78 is 25.7. The van der Waals surface area contributed by atoms with Crippen molar-refractivity contribution < 1.29 is 14.0 Å². The summed E-state index contributed by atoms with van der Waals surface area (Å²) in [6.45, 7) is 2.15. The summed E-state index contributed by atoms with van der Waals surface area (Å²) in [6.07, 6.45) is 1.44. The van der Waals surface area contributed by atoms with Gasteiger partial charge in [0.15, 0.2) is 11.6 Å². The van der Waals surface area contributed by atoms with Gasteiger partial charge in [-0.05, 0) is 17.7 Å². The second kappa shape index (κ2) is 5.23. The minimum absolute atomic E-state index is 0.593. The summed E-state index contributed by atoms with van der Waals surface area (Å²) in [4.78, 5) is 2.13. The monoisotopic (exact) mass is 240 g/mol. The second-order valence-corrected chi connectivity index (χ2v) is 4.19. The van der Waals surface area contributed by atoms with Crippen molar-refractivity contribution >= 4 is 5.71 Å². The number of oxime groups is 1. The van der Waals surface area contributed by atoms with Gasteiger partial charge in [0.2, 0.25) is 0 Å². The molecule has 1 heterocycles. The van der Waals surface area contributed by atoms with E-state index in [9.17, 15) is 8.78 Å². The van der Waals surface area contributed by atoms with Crippen molar-refractivity contribution in [3.8, 4) is 0 Å². The molecule has 1 aliphatic heterocycles. The molecule has 0 amide bonds. The summed E-state index contributed by atoms with van der Waals surface area (Å²) in [5.41, 5.74) is 1.56. The fraction of sp³-hybridized carbons (Fsp3) is 0.417. The van der Waals surface area contributed by atoms with E-state index >= 15 is 0 Å². The molecule has 1 aromatic rings. The van der Waals surface area contributed by atoms with Gasteiger partial charge in [-0.25, -0.2) is 8.78 Å². The molecule has 3 nitrogen and oxygen atoms in total. The first-order valence-corrected chi connectivity index (χ1v) is 5.55. The number of halogens is 2. The van der Waals surface area contributed by atoms with Crippen molar-refractivity contribution in [3.63, 3.8) is 0 Å². The predicted octanol–water partition coefficient (Wildman–Crippen LogP) is 2.39. The molecule has 0 radical (unpaired) electrons. The molecular formula is C12H14F2N2O. The Morgan fingerprint density at radius 1 is 1.18 bits per heavy atom. The van der Waals surface area contributed by atoms with Crippen LogP contribution in [-0.4, -0.2) is 28.9 Å². The van der Waals surface area contributed by atoms with E-state index in [2.05, 4.69) is 10.1 Å². The molecule has 0 saturated carbocycles. The van der Waals surface area contributed by atoms with Crippen LogP contribution < -0.4 is 0 Å². The highest BCUT2D eigenvalue weighted by Gasteiger charge is 2.15. The first kappa shape index (κ1) is 12.0. The Labute approximate surface area is 98.3 Å². The Morgan fingerprint density at radius 3 is 2.47 bits per heavy atom. The maximum atomic E-state index is 13.0. The molecule has 1 aromatic carbocycles. The number of hydrogen-bond donors (Lipinski definition) is 1. The second-order valence-electron chi connectivity index (χ2n) is 4.19. The third-order valence-corrected chi connectivity index (χ3v) is 2.96. The van der Waals surface area contributed by atoms with E-state index in [1.807, 2.05) is 0 Å². The first-order chi connectivity index (χ1) is 8.19. The van der Waals surface area contributed by atoms with Crippen LogP contribution in [0.15, 0.2) is 23.4 Å². The maximum absolute atomic E-state index is 13.0. The molecule has 0 spiro atoms. The molecular weight excluding hydrogens is 226 g/mol. The smallest absolute Gasteiger partial charge is 0.159 e. The number of rotatable bonds is 2. The molecule has 1 aliphatic rings. The fourth-order valence-corrected chi connectivity index (χ4v) is 1.97. The van der Waals surface area contributed by atoms with E-state index in [0.717, 1.165) is 43.3 Å². The van der Waals surface area contributed by atoms with Gasteiger partial charge >= 0.3 is 0 Å². The van der Waals surface area contributed by atoms with E-state index < -0.39 is 11.6 Å².